The zero-order valence-corrected chi connectivity index (χ0v) is 7.61. The number of hydrogen-bond acceptors (Lipinski definition) is 2. The SMILES string of the molecule is C=CCCC(O)C(C=CC)CO. The molecule has 0 amide bonds. The van der Waals surface area contributed by atoms with E-state index in [4.69, 9.17) is 5.11 Å². The summed E-state index contributed by atoms with van der Waals surface area (Å²) in [4.78, 5) is 0. The summed E-state index contributed by atoms with van der Waals surface area (Å²) in [6, 6.07) is 0. The zero-order chi connectivity index (χ0) is 9.40. The monoisotopic (exact) mass is 170 g/mol. The smallest absolute Gasteiger partial charge is 0.0627 e. The fourth-order valence-corrected chi connectivity index (χ4v) is 1.06. The highest BCUT2D eigenvalue weighted by atomic mass is 16.3. The van der Waals surface area contributed by atoms with E-state index < -0.39 is 6.10 Å². The van der Waals surface area contributed by atoms with Gasteiger partial charge < -0.3 is 10.2 Å². The molecule has 2 N–H and O–H groups in total. The summed E-state index contributed by atoms with van der Waals surface area (Å²) < 4.78 is 0. The maximum absolute atomic E-state index is 9.51. The molecule has 0 aromatic carbocycles. The molecule has 0 radical (unpaired) electrons. The Bertz CT molecular complexity index is 141. The van der Waals surface area contributed by atoms with E-state index in [1.54, 1.807) is 6.08 Å². The van der Waals surface area contributed by atoms with Gasteiger partial charge in [0, 0.05) is 5.92 Å². The molecule has 0 aliphatic heterocycles. The second-order valence-corrected chi connectivity index (χ2v) is 2.81. The highest BCUT2D eigenvalue weighted by Crippen LogP contribution is 2.10. The highest BCUT2D eigenvalue weighted by Gasteiger charge is 2.13. The number of aliphatic hydroxyl groups excluding tert-OH is 2. The molecule has 0 fully saturated rings. The van der Waals surface area contributed by atoms with E-state index in [-0.39, 0.29) is 12.5 Å². The van der Waals surface area contributed by atoms with E-state index in [2.05, 4.69) is 6.58 Å². The van der Waals surface area contributed by atoms with Crippen molar-refractivity contribution in [3.63, 3.8) is 0 Å². The maximum atomic E-state index is 9.51. The quantitative estimate of drug-likeness (QED) is 0.593. The van der Waals surface area contributed by atoms with Crippen LogP contribution in [0.4, 0.5) is 0 Å². The summed E-state index contributed by atoms with van der Waals surface area (Å²) in [5, 5.41) is 18.4. The van der Waals surface area contributed by atoms with E-state index >= 15 is 0 Å². The zero-order valence-electron chi connectivity index (χ0n) is 7.61. The van der Waals surface area contributed by atoms with E-state index in [0.29, 0.717) is 6.42 Å². The summed E-state index contributed by atoms with van der Waals surface area (Å²) in [5.74, 6) is -0.130. The molecule has 70 valence electrons. The van der Waals surface area contributed by atoms with E-state index in [9.17, 15) is 5.11 Å². The Morgan fingerprint density at radius 3 is 2.58 bits per heavy atom. The average molecular weight is 170 g/mol. The Labute approximate surface area is 74.2 Å². The highest BCUT2D eigenvalue weighted by molar-refractivity contribution is 4.90. The molecular formula is C10H18O2. The first kappa shape index (κ1) is 11.4. The fourth-order valence-electron chi connectivity index (χ4n) is 1.06. The third-order valence-corrected chi connectivity index (χ3v) is 1.81. The molecule has 0 saturated carbocycles. The van der Waals surface area contributed by atoms with Crippen LogP contribution in [-0.4, -0.2) is 22.9 Å². The number of rotatable bonds is 6. The van der Waals surface area contributed by atoms with Crippen molar-refractivity contribution in [2.45, 2.75) is 25.9 Å². The van der Waals surface area contributed by atoms with Crippen LogP contribution < -0.4 is 0 Å². The Morgan fingerprint density at radius 2 is 2.17 bits per heavy atom. The Hall–Kier alpha value is -0.600. The van der Waals surface area contributed by atoms with Gasteiger partial charge in [-0.3, -0.25) is 0 Å². The van der Waals surface area contributed by atoms with Crippen molar-refractivity contribution in [1.82, 2.24) is 0 Å². The number of hydrogen-bond donors (Lipinski definition) is 2. The third kappa shape index (κ3) is 4.31. The van der Waals surface area contributed by atoms with Crippen LogP contribution in [0, 0.1) is 5.92 Å². The van der Waals surface area contributed by atoms with Gasteiger partial charge in [-0.05, 0) is 19.8 Å². The molecule has 2 nitrogen and oxygen atoms in total. The minimum absolute atomic E-state index is 0.00263. The topological polar surface area (TPSA) is 40.5 Å². The molecule has 0 aromatic rings. The largest absolute Gasteiger partial charge is 0.396 e. The molecule has 0 saturated heterocycles. The molecule has 12 heavy (non-hydrogen) atoms. The lowest BCUT2D eigenvalue weighted by Gasteiger charge is -2.16. The normalized spacial score (nSPS) is 16.2. The molecule has 0 rings (SSSR count). The summed E-state index contributed by atoms with van der Waals surface area (Å²) >= 11 is 0. The molecule has 0 bridgehead atoms. The lowest BCUT2D eigenvalue weighted by molar-refractivity contribution is 0.0855. The van der Waals surface area contributed by atoms with E-state index in [1.807, 2.05) is 19.1 Å². The molecule has 2 heteroatoms. The van der Waals surface area contributed by atoms with Crippen molar-refractivity contribution < 1.29 is 10.2 Å². The molecule has 0 aliphatic carbocycles. The lowest BCUT2D eigenvalue weighted by atomic mass is 9.99. The van der Waals surface area contributed by atoms with Crippen LogP contribution in [0.3, 0.4) is 0 Å². The first-order chi connectivity index (χ1) is 5.76. The first-order valence-electron chi connectivity index (χ1n) is 4.28. The minimum atomic E-state index is -0.454. The predicted molar refractivity (Wildman–Crippen MR) is 50.8 cm³/mol. The van der Waals surface area contributed by atoms with Gasteiger partial charge in [-0.1, -0.05) is 18.2 Å². The summed E-state index contributed by atoms with van der Waals surface area (Å²) in [5.41, 5.74) is 0. The second-order valence-electron chi connectivity index (χ2n) is 2.81. The molecule has 2 atom stereocenters. The van der Waals surface area contributed by atoms with Crippen LogP contribution in [-0.2, 0) is 0 Å². The predicted octanol–water partition coefficient (Wildman–Crippen LogP) is 1.50. The van der Waals surface area contributed by atoms with Crippen molar-refractivity contribution >= 4 is 0 Å². The molecule has 0 heterocycles. The van der Waals surface area contributed by atoms with Gasteiger partial charge in [-0.15, -0.1) is 6.58 Å². The van der Waals surface area contributed by atoms with E-state index in [0.717, 1.165) is 6.42 Å². The van der Waals surface area contributed by atoms with E-state index in [1.165, 1.54) is 0 Å². The third-order valence-electron chi connectivity index (χ3n) is 1.81. The van der Waals surface area contributed by atoms with Crippen LogP contribution in [0.5, 0.6) is 0 Å². The molecule has 0 aromatic heterocycles. The summed E-state index contributed by atoms with van der Waals surface area (Å²) in [6.45, 7) is 5.45. The van der Waals surface area contributed by atoms with Crippen molar-refractivity contribution in [2.75, 3.05) is 6.61 Å². The summed E-state index contributed by atoms with van der Waals surface area (Å²) in [6.07, 6.45) is 6.44. The van der Waals surface area contributed by atoms with Crippen LogP contribution in [0.1, 0.15) is 19.8 Å². The average Bonchev–Trinajstić information content (AvgIpc) is 2.10. The number of aliphatic hydroxyl groups is 2. The Balaban J connectivity index is 3.83. The van der Waals surface area contributed by atoms with Crippen LogP contribution >= 0.6 is 0 Å². The van der Waals surface area contributed by atoms with Crippen LogP contribution in [0.15, 0.2) is 24.8 Å². The van der Waals surface area contributed by atoms with Gasteiger partial charge in [0.2, 0.25) is 0 Å². The van der Waals surface area contributed by atoms with Gasteiger partial charge in [0.15, 0.2) is 0 Å². The van der Waals surface area contributed by atoms with Crippen LogP contribution in [0.2, 0.25) is 0 Å². The van der Waals surface area contributed by atoms with Gasteiger partial charge >= 0.3 is 0 Å². The van der Waals surface area contributed by atoms with Crippen molar-refractivity contribution in [2.24, 2.45) is 5.92 Å². The number of allylic oxidation sites excluding steroid dienone is 2. The van der Waals surface area contributed by atoms with Gasteiger partial charge in [0.05, 0.1) is 12.7 Å². The Morgan fingerprint density at radius 1 is 1.50 bits per heavy atom. The minimum Gasteiger partial charge on any atom is -0.396 e. The van der Waals surface area contributed by atoms with Crippen LogP contribution in [0.25, 0.3) is 0 Å². The van der Waals surface area contributed by atoms with Gasteiger partial charge in [0.1, 0.15) is 0 Å². The van der Waals surface area contributed by atoms with Crippen molar-refractivity contribution in [3.8, 4) is 0 Å². The summed E-state index contributed by atoms with van der Waals surface area (Å²) in [7, 11) is 0. The van der Waals surface area contributed by atoms with Crippen molar-refractivity contribution in [1.29, 1.82) is 0 Å². The van der Waals surface area contributed by atoms with Gasteiger partial charge in [-0.25, -0.2) is 0 Å². The molecule has 0 spiro atoms. The maximum Gasteiger partial charge on any atom is 0.0627 e. The standard InChI is InChI=1S/C10H18O2/c1-3-5-7-10(12)9(8-11)6-4-2/h3-4,6,9-12H,1,5,7-8H2,2H3. The Kier molecular flexibility index (Phi) is 6.72. The molecule has 2 unspecified atom stereocenters. The molecular weight excluding hydrogens is 152 g/mol. The van der Waals surface area contributed by atoms with Crippen molar-refractivity contribution in [3.05, 3.63) is 24.8 Å². The van der Waals surface area contributed by atoms with Gasteiger partial charge in [0.25, 0.3) is 0 Å². The lowest BCUT2D eigenvalue weighted by Crippen LogP contribution is -2.21. The first-order valence-corrected chi connectivity index (χ1v) is 4.28. The molecule has 0 aliphatic rings. The second kappa shape index (κ2) is 7.07. The van der Waals surface area contributed by atoms with Gasteiger partial charge in [-0.2, -0.15) is 0 Å². The fraction of sp³-hybridized carbons (Fsp3) is 0.600.